The van der Waals surface area contributed by atoms with Gasteiger partial charge in [0, 0.05) is 39.1 Å². The molecule has 23 heavy (non-hydrogen) atoms. The first-order chi connectivity index (χ1) is 10.8. The van der Waals surface area contributed by atoms with Gasteiger partial charge in [-0.1, -0.05) is 12.1 Å². The number of nitrogens with one attached hydrogen (secondary N) is 2. The Hall–Kier alpha value is -1.77. The predicted octanol–water partition coefficient (Wildman–Crippen LogP) is 2.26. The molecule has 0 spiro atoms. The lowest BCUT2D eigenvalue weighted by Gasteiger charge is -2.12. The van der Waals surface area contributed by atoms with Gasteiger partial charge in [-0.3, -0.25) is 4.99 Å². The van der Waals surface area contributed by atoms with Gasteiger partial charge in [0.05, 0.1) is 13.4 Å². The van der Waals surface area contributed by atoms with Crippen molar-refractivity contribution < 1.29 is 4.74 Å². The smallest absolute Gasteiger partial charge is 0.191 e. The molecule has 0 unspecified atom stereocenters. The van der Waals surface area contributed by atoms with Gasteiger partial charge in [0.15, 0.2) is 5.96 Å². The zero-order chi connectivity index (χ0) is 15.6. The summed E-state index contributed by atoms with van der Waals surface area (Å²) in [4.78, 5) is 8.25. The number of guanidine groups is 1. The fraction of sp³-hybridized carbons (Fsp3) is 0.375. The van der Waals surface area contributed by atoms with Gasteiger partial charge in [0.25, 0.3) is 0 Å². The lowest BCUT2D eigenvalue weighted by Crippen LogP contribution is -2.37. The van der Waals surface area contributed by atoms with Crippen LogP contribution in [0.3, 0.4) is 0 Å². The van der Waals surface area contributed by atoms with Gasteiger partial charge >= 0.3 is 0 Å². The Morgan fingerprint density at radius 2 is 2.22 bits per heavy atom. The first kappa shape index (κ1) is 19.3. The minimum Gasteiger partial charge on any atom is -0.497 e. The maximum Gasteiger partial charge on any atom is 0.191 e. The van der Waals surface area contributed by atoms with Gasteiger partial charge in [-0.05, 0) is 24.1 Å². The molecule has 6 nitrogen and oxygen atoms in total. The predicted molar refractivity (Wildman–Crippen MR) is 103 cm³/mol. The Morgan fingerprint density at radius 1 is 1.35 bits per heavy atom. The van der Waals surface area contributed by atoms with Crippen molar-refractivity contribution in [1.29, 1.82) is 0 Å². The second-order valence-corrected chi connectivity index (χ2v) is 4.86. The van der Waals surface area contributed by atoms with Crippen LogP contribution in [0, 0.1) is 0 Å². The molecule has 2 N–H and O–H groups in total. The number of hydrogen-bond acceptors (Lipinski definition) is 3. The van der Waals surface area contributed by atoms with Gasteiger partial charge < -0.3 is 19.9 Å². The lowest BCUT2D eigenvalue weighted by atomic mass is 10.2. The number of nitrogens with zero attached hydrogens (tertiary/aromatic N) is 3. The average Bonchev–Trinajstić information content (AvgIpc) is 3.08. The minimum atomic E-state index is 0. The van der Waals surface area contributed by atoms with Gasteiger partial charge in [-0.2, -0.15) is 0 Å². The zero-order valence-corrected chi connectivity index (χ0v) is 15.9. The topological polar surface area (TPSA) is 63.5 Å². The highest BCUT2D eigenvalue weighted by molar-refractivity contribution is 14.0. The van der Waals surface area contributed by atoms with E-state index in [2.05, 4.69) is 31.2 Å². The third kappa shape index (κ3) is 6.89. The molecular formula is C16H24IN5O. The van der Waals surface area contributed by atoms with Crippen LogP contribution < -0.4 is 15.4 Å². The Morgan fingerprint density at radius 3 is 2.91 bits per heavy atom. The molecule has 0 bridgehead atoms. The van der Waals surface area contributed by atoms with Crippen LogP contribution in [0.15, 0.2) is 48.0 Å². The largest absolute Gasteiger partial charge is 0.497 e. The maximum atomic E-state index is 5.22. The highest BCUT2D eigenvalue weighted by Gasteiger charge is 1.99. The summed E-state index contributed by atoms with van der Waals surface area (Å²) in [5.74, 6) is 1.66. The SMILES string of the molecule is CN=C(NCCCn1ccnc1)NCc1cccc(OC)c1.I. The monoisotopic (exact) mass is 429 g/mol. The van der Waals surface area contributed by atoms with E-state index in [1.807, 2.05) is 30.7 Å². The van der Waals surface area contributed by atoms with Crippen molar-refractivity contribution in [2.75, 3.05) is 20.7 Å². The third-order valence-corrected chi connectivity index (χ3v) is 3.26. The molecule has 0 aliphatic rings. The van der Waals surface area contributed by atoms with Crippen molar-refractivity contribution in [1.82, 2.24) is 20.2 Å². The number of aromatic nitrogens is 2. The number of halogens is 1. The quantitative estimate of drug-likeness (QED) is 0.307. The number of aryl methyl sites for hydroxylation is 1. The van der Waals surface area contributed by atoms with Crippen LogP contribution in [0.1, 0.15) is 12.0 Å². The average molecular weight is 429 g/mol. The fourth-order valence-corrected chi connectivity index (χ4v) is 2.08. The van der Waals surface area contributed by atoms with Crippen LogP contribution in [0.2, 0.25) is 0 Å². The van der Waals surface area contributed by atoms with Crippen molar-refractivity contribution in [2.24, 2.45) is 4.99 Å². The molecule has 126 valence electrons. The molecule has 0 fully saturated rings. The van der Waals surface area contributed by atoms with E-state index in [9.17, 15) is 0 Å². The second kappa shape index (κ2) is 10.9. The third-order valence-electron chi connectivity index (χ3n) is 3.26. The molecule has 1 heterocycles. The highest BCUT2D eigenvalue weighted by Crippen LogP contribution is 2.11. The van der Waals surface area contributed by atoms with E-state index in [1.54, 1.807) is 20.4 Å². The standard InChI is InChI=1S/C16H23N5O.HI/c1-17-16(19-7-4-9-21-10-8-18-13-21)20-12-14-5-3-6-15(11-14)22-2;/h3,5-6,8,10-11,13H,4,7,9,12H2,1-2H3,(H2,17,19,20);1H. The molecule has 2 rings (SSSR count). The van der Waals surface area contributed by atoms with Crippen molar-refractivity contribution in [2.45, 2.75) is 19.5 Å². The van der Waals surface area contributed by atoms with E-state index in [4.69, 9.17) is 4.74 Å². The van der Waals surface area contributed by atoms with E-state index in [-0.39, 0.29) is 24.0 Å². The van der Waals surface area contributed by atoms with Crippen molar-refractivity contribution in [3.05, 3.63) is 48.5 Å². The summed E-state index contributed by atoms with van der Waals surface area (Å²) < 4.78 is 7.29. The number of hydrogen-bond donors (Lipinski definition) is 2. The Labute approximate surface area is 154 Å². The molecule has 1 aromatic heterocycles. The molecule has 0 amide bonds. The van der Waals surface area contributed by atoms with Gasteiger partial charge in [0.2, 0.25) is 0 Å². The first-order valence-electron chi connectivity index (χ1n) is 7.35. The molecule has 2 aromatic rings. The van der Waals surface area contributed by atoms with Crippen molar-refractivity contribution >= 4 is 29.9 Å². The highest BCUT2D eigenvalue weighted by atomic mass is 127. The zero-order valence-electron chi connectivity index (χ0n) is 13.5. The van der Waals surface area contributed by atoms with E-state index in [1.165, 1.54) is 0 Å². The van der Waals surface area contributed by atoms with Crippen LogP contribution in [0.5, 0.6) is 5.75 Å². The summed E-state index contributed by atoms with van der Waals surface area (Å²) in [6.07, 6.45) is 6.60. The van der Waals surface area contributed by atoms with Crippen molar-refractivity contribution in [3.63, 3.8) is 0 Å². The molecule has 0 saturated heterocycles. The molecule has 0 atom stereocenters. The normalized spacial score (nSPS) is 10.8. The number of benzene rings is 1. The summed E-state index contributed by atoms with van der Waals surface area (Å²) >= 11 is 0. The number of imidazole rings is 1. The molecule has 0 aliphatic heterocycles. The van der Waals surface area contributed by atoms with E-state index >= 15 is 0 Å². The van der Waals surface area contributed by atoms with Crippen LogP contribution in [-0.2, 0) is 13.1 Å². The lowest BCUT2D eigenvalue weighted by molar-refractivity contribution is 0.414. The minimum absolute atomic E-state index is 0. The summed E-state index contributed by atoms with van der Waals surface area (Å²) in [6.45, 7) is 2.51. The second-order valence-electron chi connectivity index (χ2n) is 4.86. The first-order valence-corrected chi connectivity index (χ1v) is 7.35. The van der Waals surface area contributed by atoms with E-state index in [0.29, 0.717) is 6.54 Å². The van der Waals surface area contributed by atoms with Crippen LogP contribution in [0.25, 0.3) is 0 Å². The maximum absolute atomic E-state index is 5.22. The molecule has 0 aliphatic carbocycles. The van der Waals surface area contributed by atoms with Crippen LogP contribution in [-0.4, -0.2) is 36.2 Å². The Bertz CT molecular complexity index is 586. The summed E-state index contributed by atoms with van der Waals surface area (Å²) in [7, 11) is 3.45. The molecule has 1 aromatic carbocycles. The van der Waals surface area contributed by atoms with Crippen molar-refractivity contribution in [3.8, 4) is 5.75 Å². The van der Waals surface area contributed by atoms with E-state index < -0.39 is 0 Å². The number of ether oxygens (including phenoxy) is 1. The summed E-state index contributed by atoms with van der Waals surface area (Å²) in [5.41, 5.74) is 1.15. The van der Waals surface area contributed by atoms with E-state index in [0.717, 1.165) is 36.8 Å². The molecule has 7 heteroatoms. The Balaban J connectivity index is 0.00000264. The fourth-order valence-electron chi connectivity index (χ4n) is 2.08. The van der Waals surface area contributed by atoms with Crippen LogP contribution >= 0.6 is 24.0 Å². The summed E-state index contributed by atoms with van der Waals surface area (Å²) in [6, 6.07) is 7.99. The Kier molecular flexibility index (Phi) is 9.11. The van der Waals surface area contributed by atoms with Gasteiger partial charge in [-0.25, -0.2) is 4.98 Å². The number of aliphatic imine (C=N–C) groups is 1. The number of rotatable bonds is 7. The molecule has 0 saturated carbocycles. The molecular weight excluding hydrogens is 405 g/mol. The summed E-state index contributed by atoms with van der Waals surface area (Å²) in [5, 5.41) is 6.60. The molecule has 0 radical (unpaired) electrons. The number of methoxy groups -OCH3 is 1. The van der Waals surface area contributed by atoms with Gasteiger partial charge in [-0.15, -0.1) is 24.0 Å². The van der Waals surface area contributed by atoms with Gasteiger partial charge in [0.1, 0.15) is 5.75 Å². The van der Waals surface area contributed by atoms with Crippen LogP contribution in [0.4, 0.5) is 0 Å².